The van der Waals surface area contributed by atoms with E-state index in [-0.39, 0.29) is 11.6 Å². The zero-order valence-corrected chi connectivity index (χ0v) is 17.5. The minimum Gasteiger partial charge on any atom is -0.397 e. The highest BCUT2D eigenvalue weighted by molar-refractivity contribution is 7.21. The average Bonchev–Trinajstić information content (AvgIpc) is 3.16. The molecule has 6 heteroatoms. The molecule has 156 valence electrons. The van der Waals surface area contributed by atoms with E-state index in [1.807, 2.05) is 36.4 Å². The van der Waals surface area contributed by atoms with Crippen LogP contribution in [-0.2, 0) is 0 Å². The summed E-state index contributed by atoms with van der Waals surface area (Å²) in [4.78, 5) is 18.8. The molecule has 5 aromatic rings. The SMILES string of the molecule is Nc1c(C(=O)c2ccc(F)cc2)sc2nc(-c3ccccc3)cc(-c3ccc(F)cc3)c12. The standard InChI is InChI=1S/C26H16F2N2OS/c27-18-10-6-15(7-11-18)20-14-21(16-4-2-1-3-5-16)30-26-22(20)23(29)25(32-26)24(31)17-8-12-19(28)13-9-17/h1-14H,29H2. The molecule has 0 radical (unpaired) electrons. The van der Waals surface area contributed by atoms with Crippen molar-refractivity contribution in [2.24, 2.45) is 0 Å². The number of aromatic nitrogens is 1. The molecular formula is C26H16F2N2OS. The van der Waals surface area contributed by atoms with Crippen molar-refractivity contribution in [3.63, 3.8) is 0 Å². The second kappa shape index (κ2) is 7.98. The average molecular weight is 442 g/mol. The van der Waals surface area contributed by atoms with Crippen molar-refractivity contribution in [1.82, 2.24) is 4.98 Å². The maximum atomic E-state index is 13.6. The summed E-state index contributed by atoms with van der Waals surface area (Å²) >= 11 is 1.20. The van der Waals surface area contributed by atoms with Crippen LogP contribution in [0.4, 0.5) is 14.5 Å². The number of thiophene rings is 1. The Morgan fingerprint density at radius 1 is 0.812 bits per heavy atom. The Labute approximate surface area is 186 Å². The lowest BCUT2D eigenvalue weighted by Gasteiger charge is -2.09. The zero-order chi connectivity index (χ0) is 22.2. The summed E-state index contributed by atoms with van der Waals surface area (Å²) in [6, 6.07) is 23.0. The lowest BCUT2D eigenvalue weighted by Crippen LogP contribution is -2.02. The lowest BCUT2D eigenvalue weighted by atomic mass is 9.99. The number of anilines is 1. The number of rotatable bonds is 4. The van der Waals surface area contributed by atoms with E-state index in [4.69, 9.17) is 10.7 Å². The Bertz CT molecular complexity index is 1440. The van der Waals surface area contributed by atoms with Gasteiger partial charge in [0.15, 0.2) is 0 Å². The maximum Gasteiger partial charge on any atom is 0.205 e. The third kappa shape index (κ3) is 3.55. The number of nitrogens with two attached hydrogens (primary N) is 1. The number of benzene rings is 3. The second-order valence-corrected chi connectivity index (χ2v) is 8.29. The second-order valence-electron chi connectivity index (χ2n) is 7.29. The minimum absolute atomic E-state index is 0.295. The molecule has 0 aliphatic rings. The van der Waals surface area contributed by atoms with Gasteiger partial charge in [-0.15, -0.1) is 11.3 Å². The van der Waals surface area contributed by atoms with Gasteiger partial charge in [-0.25, -0.2) is 13.8 Å². The lowest BCUT2D eigenvalue weighted by molar-refractivity contribution is 0.104. The van der Waals surface area contributed by atoms with Gasteiger partial charge < -0.3 is 5.73 Å². The van der Waals surface area contributed by atoms with Gasteiger partial charge in [-0.3, -0.25) is 4.79 Å². The number of carbonyl (C=O) groups is 1. The molecule has 0 fully saturated rings. The highest BCUT2D eigenvalue weighted by atomic mass is 32.1. The topological polar surface area (TPSA) is 56.0 Å². The van der Waals surface area contributed by atoms with Gasteiger partial charge in [0.2, 0.25) is 5.78 Å². The first-order chi connectivity index (χ1) is 15.5. The van der Waals surface area contributed by atoms with Gasteiger partial charge in [-0.05, 0) is 53.6 Å². The van der Waals surface area contributed by atoms with Crippen molar-refractivity contribution in [2.45, 2.75) is 0 Å². The number of halogens is 2. The van der Waals surface area contributed by atoms with Crippen molar-refractivity contribution in [3.8, 4) is 22.4 Å². The van der Waals surface area contributed by atoms with Crippen molar-refractivity contribution >= 4 is 33.0 Å². The third-order valence-electron chi connectivity index (χ3n) is 5.24. The monoisotopic (exact) mass is 442 g/mol. The number of nitrogens with zero attached hydrogens (tertiary/aromatic N) is 1. The summed E-state index contributed by atoms with van der Waals surface area (Å²) in [5.74, 6) is -1.05. The molecule has 0 spiro atoms. The van der Waals surface area contributed by atoms with E-state index in [0.29, 0.717) is 26.3 Å². The van der Waals surface area contributed by atoms with Crippen molar-refractivity contribution in [2.75, 3.05) is 5.73 Å². The number of fused-ring (bicyclic) bond motifs is 1. The first-order valence-corrected chi connectivity index (χ1v) is 10.7. The Morgan fingerprint density at radius 3 is 2.09 bits per heavy atom. The number of carbonyl (C=O) groups excluding carboxylic acids is 1. The molecule has 5 rings (SSSR count). The summed E-state index contributed by atoms with van der Waals surface area (Å²) < 4.78 is 26.9. The molecule has 0 saturated carbocycles. The number of hydrogen-bond donors (Lipinski definition) is 1. The fourth-order valence-corrected chi connectivity index (χ4v) is 4.72. The first kappa shape index (κ1) is 20.0. The van der Waals surface area contributed by atoms with E-state index in [1.165, 1.54) is 47.7 Å². The molecule has 0 amide bonds. The van der Waals surface area contributed by atoms with E-state index in [2.05, 4.69) is 0 Å². The highest BCUT2D eigenvalue weighted by Gasteiger charge is 2.22. The molecule has 0 aliphatic heterocycles. The van der Waals surface area contributed by atoms with Gasteiger partial charge >= 0.3 is 0 Å². The van der Waals surface area contributed by atoms with Crippen LogP contribution >= 0.6 is 11.3 Å². The van der Waals surface area contributed by atoms with Crippen LogP contribution in [0.25, 0.3) is 32.6 Å². The van der Waals surface area contributed by atoms with Crippen LogP contribution < -0.4 is 5.73 Å². The summed E-state index contributed by atoms with van der Waals surface area (Å²) in [5.41, 5.74) is 10.3. The van der Waals surface area contributed by atoms with Crippen molar-refractivity contribution in [1.29, 1.82) is 0 Å². The van der Waals surface area contributed by atoms with Crippen LogP contribution in [0.5, 0.6) is 0 Å². The molecule has 0 atom stereocenters. The molecule has 0 saturated heterocycles. The van der Waals surface area contributed by atoms with Gasteiger partial charge in [-0.1, -0.05) is 42.5 Å². The Balaban J connectivity index is 1.75. The largest absolute Gasteiger partial charge is 0.397 e. The Hall–Kier alpha value is -3.90. The van der Waals surface area contributed by atoms with Gasteiger partial charge in [0, 0.05) is 16.5 Å². The molecule has 3 nitrogen and oxygen atoms in total. The molecular weight excluding hydrogens is 426 g/mol. The van der Waals surface area contributed by atoms with Crippen LogP contribution in [0.1, 0.15) is 15.2 Å². The molecule has 2 aromatic heterocycles. The highest BCUT2D eigenvalue weighted by Crippen LogP contribution is 2.42. The van der Waals surface area contributed by atoms with Crippen LogP contribution in [0.3, 0.4) is 0 Å². The predicted octanol–water partition coefficient (Wildman–Crippen LogP) is 6.72. The Kier molecular flexibility index (Phi) is 4.99. The Morgan fingerprint density at radius 2 is 1.44 bits per heavy atom. The number of nitrogen functional groups attached to an aromatic ring is 1. The molecule has 0 aliphatic carbocycles. The van der Waals surface area contributed by atoms with E-state index in [9.17, 15) is 13.6 Å². The van der Waals surface area contributed by atoms with Crippen LogP contribution in [0, 0.1) is 11.6 Å². The van der Waals surface area contributed by atoms with E-state index in [1.54, 1.807) is 12.1 Å². The first-order valence-electron chi connectivity index (χ1n) is 9.86. The smallest absolute Gasteiger partial charge is 0.205 e. The van der Waals surface area contributed by atoms with E-state index in [0.717, 1.165) is 22.4 Å². The maximum absolute atomic E-state index is 13.6. The molecule has 3 aromatic carbocycles. The fraction of sp³-hybridized carbons (Fsp3) is 0. The third-order valence-corrected chi connectivity index (χ3v) is 6.33. The minimum atomic E-state index is -0.418. The van der Waals surface area contributed by atoms with E-state index >= 15 is 0 Å². The van der Waals surface area contributed by atoms with Crippen molar-refractivity contribution in [3.05, 3.63) is 107 Å². The molecule has 2 N–H and O–H groups in total. The van der Waals surface area contributed by atoms with Gasteiger partial charge in [-0.2, -0.15) is 0 Å². The quantitative estimate of drug-likeness (QED) is 0.314. The van der Waals surface area contributed by atoms with E-state index < -0.39 is 5.82 Å². The fourth-order valence-electron chi connectivity index (χ4n) is 3.64. The zero-order valence-electron chi connectivity index (χ0n) is 16.7. The number of pyridine rings is 1. The van der Waals surface area contributed by atoms with Gasteiger partial charge in [0.05, 0.1) is 11.4 Å². The van der Waals surface area contributed by atoms with Gasteiger partial charge in [0.1, 0.15) is 21.3 Å². The van der Waals surface area contributed by atoms with Crippen LogP contribution in [-0.4, -0.2) is 10.8 Å². The number of ketones is 1. The van der Waals surface area contributed by atoms with Gasteiger partial charge in [0.25, 0.3) is 0 Å². The summed E-state index contributed by atoms with van der Waals surface area (Å²) in [6.07, 6.45) is 0. The molecule has 32 heavy (non-hydrogen) atoms. The van der Waals surface area contributed by atoms with Crippen LogP contribution in [0.15, 0.2) is 84.9 Å². The normalized spacial score (nSPS) is 11.1. The molecule has 0 bridgehead atoms. The summed E-state index contributed by atoms with van der Waals surface area (Å²) in [6.45, 7) is 0. The van der Waals surface area contributed by atoms with Crippen molar-refractivity contribution < 1.29 is 13.6 Å². The molecule has 2 heterocycles. The predicted molar refractivity (Wildman–Crippen MR) is 125 cm³/mol. The number of hydrogen-bond acceptors (Lipinski definition) is 4. The summed E-state index contributed by atoms with van der Waals surface area (Å²) in [7, 11) is 0. The van der Waals surface area contributed by atoms with Crippen LogP contribution in [0.2, 0.25) is 0 Å². The molecule has 0 unspecified atom stereocenters. The summed E-state index contributed by atoms with van der Waals surface area (Å²) in [5, 5.41) is 0.645.